The maximum absolute atomic E-state index is 7.07. The van der Waals surface area contributed by atoms with Gasteiger partial charge >= 0.3 is 0 Å². The Kier molecular flexibility index (Phi) is 7.76. The van der Waals surface area contributed by atoms with Gasteiger partial charge in [0.2, 0.25) is 0 Å². The van der Waals surface area contributed by atoms with Crippen LogP contribution in [-0.4, -0.2) is 0 Å². The fraction of sp³-hybridized carbons (Fsp3) is 0.0870. The Morgan fingerprint density at radius 1 is 0.385 bits per heavy atom. The smallest absolute Gasteiger partial charge is 0.162 e. The van der Waals surface area contributed by atoms with E-state index in [0.717, 1.165) is 55.7 Å². The van der Waals surface area contributed by atoms with Crippen LogP contribution in [0.1, 0.15) is 22.3 Å². The lowest BCUT2D eigenvalue weighted by Crippen LogP contribution is -2.14. The molecule has 9 aromatic rings. The van der Waals surface area contributed by atoms with Crippen LogP contribution in [0.4, 0.5) is 34.1 Å². The van der Waals surface area contributed by atoms with Crippen molar-refractivity contribution in [2.75, 3.05) is 9.80 Å². The molecule has 0 bridgehead atoms. The third-order valence-electron chi connectivity index (χ3n) is 9.82. The Bertz CT molecular complexity index is 2490. The first kappa shape index (κ1) is 32.2. The predicted molar refractivity (Wildman–Crippen MR) is 219 cm³/mol. The van der Waals surface area contributed by atoms with Crippen LogP contribution in [-0.2, 0) is 0 Å². The van der Waals surface area contributed by atoms with E-state index in [0.29, 0.717) is 32.4 Å². The molecular weight excluding hydrogens is 683 g/mol. The number of furan rings is 2. The molecule has 0 atom stereocenters. The van der Waals surface area contributed by atoms with Gasteiger partial charge in [0, 0.05) is 55.7 Å². The quantitative estimate of drug-likeness (QED) is 0.160. The first-order valence-corrected chi connectivity index (χ1v) is 18.1. The molecule has 9 rings (SSSR count). The number of anilines is 6. The molecule has 0 spiro atoms. The molecule has 254 valence electrons. The summed E-state index contributed by atoms with van der Waals surface area (Å²) in [6.45, 7) is 8.41. The van der Waals surface area contributed by atoms with E-state index in [-0.39, 0.29) is 0 Å². The number of hydrogen-bond donors (Lipinski definition) is 0. The third-order valence-corrected chi connectivity index (χ3v) is 10.3. The molecule has 0 saturated carbocycles. The highest BCUT2D eigenvalue weighted by Crippen LogP contribution is 2.56. The molecule has 0 aliphatic rings. The Labute approximate surface area is 312 Å². The molecular formula is C46H34Cl2N2O2. The van der Waals surface area contributed by atoms with Crippen molar-refractivity contribution in [1.82, 2.24) is 0 Å². The summed E-state index contributed by atoms with van der Waals surface area (Å²) in [6.07, 6.45) is 0. The largest absolute Gasteiger partial charge is 0.454 e. The molecule has 7 aromatic carbocycles. The van der Waals surface area contributed by atoms with E-state index in [2.05, 4.69) is 135 Å². The molecule has 0 N–H and O–H groups in total. The molecule has 6 heteroatoms. The fourth-order valence-electron chi connectivity index (χ4n) is 7.19. The number of halogens is 2. The molecule has 0 radical (unpaired) electrons. The molecule has 0 amide bonds. The average molecular weight is 718 g/mol. The van der Waals surface area contributed by atoms with Crippen LogP contribution in [0, 0.1) is 27.7 Å². The number of aryl methyl sites for hydroxylation is 4. The monoisotopic (exact) mass is 716 g/mol. The van der Waals surface area contributed by atoms with Crippen molar-refractivity contribution in [1.29, 1.82) is 0 Å². The summed E-state index contributed by atoms with van der Waals surface area (Å²) in [6, 6.07) is 46.1. The highest BCUT2D eigenvalue weighted by Gasteiger charge is 2.32. The standard InChI is InChI=1S/C46H34Cl2N2O2/c1-27-5-15-33(16-6-27)49(34-17-7-28(2)8-18-34)43-41-37-23-13-31(47)25-39(37)52-46(41)44(42-38-24-14-32(48)26-40(38)51-45(42)43)50(35-19-9-29(3)10-20-35)36-21-11-30(4)12-22-36/h5-26H,1-4H3. The number of fused-ring (bicyclic) bond motifs is 6. The molecule has 2 aromatic heterocycles. The summed E-state index contributed by atoms with van der Waals surface area (Å²) in [5.41, 5.74) is 13.2. The second kappa shape index (κ2) is 12.5. The van der Waals surface area contributed by atoms with E-state index in [9.17, 15) is 0 Å². The van der Waals surface area contributed by atoms with Gasteiger partial charge in [-0.05, 0) is 100 Å². The van der Waals surface area contributed by atoms with Crippen LogP contribution in [0.25, 0.3) is 43.9 Å². The Morgan fingerprint density at radius 2 is 0.673 bits per heavy atom. The molecule has 0 saturated heterocycles. The number of nitrogens with zero attached hydrogens (tertiary/aromatic N) is 2. The second-order valence-electron chi connectivity index (χ2n) is 13.6. The van der Waals surface area contributed by atoms with Gasteiger partial charge in [-0.2, -0.15) is 0 Å². The lowest BCUT2D eigenvalue weighted by Gasteiger charge is -2.30. The predicted octanol–water partition coefficient (Wildman–Crippen LogP) is 15.0. The van der Waals surface area contributed by atoms with Crippen molar-refractivity contribution in [3.05, 3.63) is 166 Å². The summed E-state index contributed by atoms with van der Waals surface area (Å²) >= 11 is 13.3. The number of benzene rings is 7. The molecule has 0 unspecified atom stereocenters. The van der Waals surface area contributed by atoms with Gasteiger partial charge in [0.15, 0.2) is 11.2 Å². The van der Waals surface area contributed by atoms with Crippen LogP contribution in [0.5, 0.6) is 0 Å². The van der Waals surface area contributed by atoms with Crippen LogP contribution in [0.15, 0.2) is 142 Å². The lowest BCUT2D eigenvalue weighted by atomic mass is 10.00. The molecule has 0 fully saturated rings. The van der Waals surface area contributed by atoms with Crippen molar-refractivity contribution < 1.29 is 8.83 Å². The highest BCUT2D eigenvalue weighted by atomic mass is 35.5. The van der Waals surface area contributed by atoms with E-state index in [4.69, 9.17) is 32.0 Å². The van der Waals surface area contributed by atoms with Crippen molar-refractivity contribution >= 4 is 101 Å². The summed E-state index contributed by atoms with van der Waals surface area (Å²) in [5.74, 6) is 0. The molecule has 4 nitrogen and oxygen atoms in total. The van der Waals surface area contributed by atoms with Crippen molar-refractivity contribution in [2.45, 2.75) is 27.7 Å². The normalized spacial score (nSPS) is 11.7. The van der Waals surface area contributed by atoms with Crippen molar-refractivity contribution in [3.8, 4) is 0 Å². The van der Waals surface area contributed by atoms with Gasteiger partial charge in [-0.25, -0.2) is 0 Å². The topological polar surface area (TPSA) is 32.8 Å². The fourth-order valence-corrected chi connectivity index (χ4v) is 7.51. The molecule has 52 heavy (non-hydrogen) atoms. The molecule has 2 heterocycles. The van der Waals surface area contributed by atoms with E-state index in [1.165, 1.54) is 22.3 Å². The van der Waals surface area contributed by atoms with Gasteiger partial charge in [-0.3, -0.25) is 0 Å². The number of rotatable bonds is 6. The maximum atomic E-state index is 7.07. The number of hydrogen-bond acceptors (Lipinski definition) is 4. The minimum absolute atomic E-state index is 0.598. The van der Waals surface area contributed by atoms with E-state index >= 15 is 0 Å². The van der Waals surface area contributed by atoms with Crippen LogP contribution in [0.3, 0.4) is 0 Å². The second-order valence-corrected chi connectivity index (χ2v) is 14.5. The Morgan fingerprint density at radius 3 is 0.962 bits per heavy atom. The summed E-state index contributed by atoms with van der Waals surface area (Å²) in [7, 11) is 0. The highest BCUT2D eigenvalue weighted by molar-refractivity contribution is 6.35. The summed E-state index contributed by atoms with van der Waals surface area (Å²) in [4.78, 5) is 4.56. The first-order valence-electron chi connectivity index (χ1n) is 17.3. The minimum Gasteiger partial charge on any atom is -0.454 e. The van der Waals surface area contributed by atoms with E-state index in [1.807, 2.05) is 36.4 Å². The van der Waals surface area contributed by atoms with Crippen LogP contribution in [0.2, 0.25) is 10.0 Å². The van der Waals surface area contributed by atoms with Gasteiger partial charge < -0.3 is 18.6 Å². The average Bonchev–Trinajstić information content (AvgIpc) is 3.70. The Hall–Kier alpha value is -5.68. The van der Waals surface area contributed by atoms with Gasteiger partial charge in [-0.1, -0.05) is 94.0 Å². The zero-order valence-electron chi connectivity index (χ0n) is 29.2. The van der Waals surface area contributed by atoms with Crippen molar-refractivity contribution in [3.63, 3.8) is 0 Å². The lowest BCUT2D eigenvalue weighted by molar-refractivity contribution is 0.664. The van der Waals surface area contributed by atoms with Gasteiger partial charge in [-0.15, -0.1) is 0 Å². The Balaban J connectivity index is 1.53. The van der Waals surface area contributed by atoms with Gasteiger partial charge in [0.1, 0.15) is 22.5 Å². The zero-order valence-corrected chi connectivity index (χ0v) is 30.7. The molecule has 0 aliphatic heterocycles. The summed E-state index contributed by atoms with van der Waals surface area (Å²) in [5, 5.41) is 4.86. The van der Waals surface area contributed by atoms with E-state index < -0.39 is 0 Å². The molecule has 0 aliphatic carbocycles. The summed E-state index contributed by atoms with van der Waals surface area (Å²) < 4.78 is 14.1. The van der Waals surface area contributed by atoms with Gasteiger partial charge in [0.25, 0.3) is 0 Å². The van der Waals surface area contributed by atoms with E-state index in [1.54, 1.807) is 0 Å². The third kappa shape index (κ3) is 5.38. The van der Waals surface area contributed by atoms with Crippen LogP contribution < -0.4 is 9.80 Å². The van der Waals surface area contributed by atoms with Gasteiger partial charge in [0.05, 0.1) is 10.8 Å². The zero-order chi connectivity index (χ0) is 35.7. The SMILES string of the molecule is Cc1ccc(N(c2ccc(C)cc2)c2c3oc4cc(Cl)ccc4c3c(N(c3ccc(C)cc3)c3ccc(C)cc3)c3oc4cc(Cl)ccc4c23)cc1. The first-order chi connectivity index (χ1) is 25.2. The minimum atomic E-state index is 0.598. The van der Waals surface area contributed by atoms with Crippen LogP contribution >= 0.6 is 23.2 Å². The van der Waals surface area contributed by atoms with Crippen molar-refractivity contribution in [2.24, 2.45) is 0 Å². The maximum Gasteiger partial charge on any atom is 0.162 e.